The van der Waals surface area contributed by atoms with Gasteiger partial charge in [0.1, 0.15) is 4.83 Å². The number of rotatable bonds is 9. The van der Waals surface area contributed by atoms with Gasteiger partial charge in [-0.2, -0.15) is 0 Å². The van der Waals surface area contributed by atoms with Gasteiger partial charge in [-0.25, -0.2) is 4.98 Å². The summed E-state index contributed by atoms with van der Waals surface area (Å²) in [4.78, 5) is 47.3. The Balaban J connectivity index is 1.70. The maximum atomic E-state index is 13.8. The summed E-state index contributed by atoms with van der Waals surface area (Å²) in [6.45, 7) is 4.26. The number of thiophene rings is 1. The molecule has 7 nitrogen and oxygen atoms in total. The van der Waals surface area contributed by atoms with Crippen molar-refractivity contribution in [3.8, 4) is 0 Å². The number of fused-ring (bicyclic) bond motifs is 1. The van der Waals surface area contributed by atoms with Crippen molar-refractivity contribution >= 4 is 45.1 Å². The van der Waals surface area contributed by atoms with Crippen LogP contribution in [-0.4, -0.2) is 51.7 Å². The third-order valence-corrected chi connectivity index (χ3v) is 9.47. The number of aromatic nitrogens is 2. The first-order valence-corrected chi connectivity index (χ1v) is 14.8. The van der Waals surface area contributed by atoms with E-state index >= 15 is 0 Å². The molecule has 1 N–H and O–H groups in total. The molecular weight excluding hydrogens is 504 g/mol. The Hall–Kier alpha value is -2.65. The smallest absolute Gasteiger partial charge is 0.263 e. The van der Waals surface area contributed by atoms with Crippen molar-refractivity contribution in [2.75, 3.05) is 14.1 Å². The molecule has 2 heterocycles. The SMILES string of the molecule is CC[C@H](Sc1nc2sc(C(=O)N(C)C)c(C)c2c(=O)n1CCc1ccccc1)C(=O)NC1CCCCC1. The number of thioether (sulfide) groups is 1. The first-order chi connectivity index (χ1) is 17.8. The van der Waals surface area contributed by atoms with Gasteiger partial charge in [-0.3, -0.25) is 19.0 Å². The minimum atomic E-state index is -0.349. The van der Waals surface area contributed by atoms with Gasteiger partial charge in [0.15, 0.2) is 5.16 Å². The van der Waals surface area contributed by atoms with Crippen LogP contribution < -0.4 is 10.9 Å². The summed E-state index contributed by atoms with van der Waals surface area (Å²) in [5.41, 5.74) is 1.64. The minimum absolute atomic E-state index is 0.00851. The standard InChI is InChI=1S/C28H36N4O3S2/c1-5-21(24(33)29-20-14-10-7-11-15-20)36-28-30-25-22(18(2)23(37-25)27(35)31(3)4)26(34)32(28)17-16-19-12-8-6-9-13-19/h6,8-9,12-13,20-21H,5,7,10-11,14-17H2,1-4H3,(H,29,33)/t21-/m0/s1. The molecule has 0 radical (unpaired) electrons. The van der Waals surface area contributed by atoms with Gasteiger partial charge in [-0.15, -0.1) is 11.3 Å². The molecule has 0 aliphatic heterocycles. The molecule has 37 heavy (non-hydrogen) atoms. The zero-order valence-corrected chi connectivity index (χ0v) is 23.7. The van der Waals surface area contributed by atoms with Crippen LogP contribution in [-0.2, 0) is 17.8 Å². The minimum Gasteiger partial charge on any atom is -0.352 e. The Bertz CT molecular complexity index is 1310. The maximum absolute atomic E-state index is 13.8. The van der Waals surface area contributed by atoms with E-state index < -0.39 is 0 Å². The van der Waals surface area contributed by atoms with Crippen molar-refractivity contribution < 1.29 is 9.59 Å². The molecule has 0 unspecified atom stereocenters. The van der Waals surface area contributed by atoms with Crippen LogP contribution in [0, 0.1) is 6.92 Å². The Morgan fingerprint density at radius 3 is 2.54 bits per heavy atom. The first kappa shape index (κ1) is 27.4. The fraction of sp³-hybridized carbons (Fsp3) is 0.500. The number of hydrogen-bond donors (Lipinski definition) is 1. The number of benzene rings is 1. The van der Waals surface area contributed by atoms with Crippen LogP contribution in [0.5, 0.6) is 0 Å². The van der Waals surface area contributed by atoms with Gasteiger partial charge in [0.25, 0.3) is 11.5 Å². The van der Waals surface area contributed by atoms with Gasteiger partial charge in [0, 0.05) is 26.7 Å². The predicted octanol–water partition coefficient (Wildman–Crippen LogP) is 5.03. The molecular formula is C28H36N4O3S2. The summed E-state index contributed by atoms with van der Waals surface area (Å²) in [5, 5.41) is 3.91. The van der Waals surface area contributed by atoms with Crippen LogP contribution in [0.2, 0.25) is 0 Å². The second-order valence-corrected chi connectivity index (χ2v) is 12.0. The van der Waals surface area contributed by atoms with Gasteiger partial charge in [-0.1, -0.05) is 68.3 Å². The largest absolute Gasteiger partial charge is 0.352 e. The predicted molar refractivity (Wildman–Crippen MR) is 152 cm³/mol. The Morgan fingerprint density at radius 1 is 1.19 bits per heavy atom. The highest BCUT2D eigenvalue weighted by Gasteiger charge is 2.27. The van der Waals surface area contributed by atoms with E-state index in [1.807, 2.05) is 44.2 Å². The third-order valence-electron chi connectivity index (χ3n) is 6.95. The summed E-state index contributed by atoms with van der Waals surface area (Å²) in [7, 11) is 3.41. The highest BCUT2D eigenvalue weighted by atomic mass is 32.2. The lowest BCUT2D eigenvalue weighted by molar-refractivity contribution is -0.121. The number of aryl methyl sites for hydroxylation is 2. The van der Waals surface area contributed by atoms with Gasteiger partial charge in [0.05, 0.1) is 15.5 Å². The van der Waals surface area contributed by atoms with Gasteiger partial charge < -0.3 is 10.2 Å². The molecule has 9 heteroatoms. The van der Waals surface area contributed by atoms with E-state index in [0.29, 0.717) is 45.2 Å². The average Bonchev–Trinajstić information content (AvgIpc) is 3.23. The molecule has 1 aliphatic carbocycles. The zero-order chi connectivity index (χ0) is 26.5. The molecule has 0 saturated heterocycles. The number of amides is 2. The van der Waals surface area contributed by atoms with E-state index in [1.54, 1.807) is 18.7 Å². The molecule has 3 aromatic rings. The first-order valence-electron chi connectivity index (χ1n) is 13.1. The zero-order valence-electron chi connectivity index (χ0n) is 22.1. The van der Waals surface area contributed by atoms with E-state index in [4.69, 9.17) is 4.98 Å². The molecule has 198 valence electrons. The summed E-state index contributed by atoms with van der Waals surface area (Å²) in [5.74, 6) is -0.127. The molecule has 0 spiro atoms. The lowest BCUT2D eigenvalue weighted by Gasteiger charge is -2.25. The molecule has 4 rings (SSSR count). The third kappa shape index (κ3) is 6.26. The average molecular weight is 541 g/mol. The molecule has 0 bridgehead atoms. The van der Waals surface area contributed by atoms with Crippen molar-refractivity contribution in [1.82, 2.24) is 19.8 Å². The lowest BCUT2D eigenvalue weighted by Crippen LogP contribution is -2.41. The van der Waals surface area contributed by atoms with Crippen molar-refractivity contribution in [3.05, 3.63) is 56.7 Å². The van der Waals surface area contributed by atoms with E-state index in [1.165, 1.54) is 34.4 Å². The van der Waals surface area contributed by atoms with Crippen molar-refractivity contribution in [2.24, 2.45) is 0 Å². The van der Waals surface area contributed by atoms with Crippen LogP contribution in [0.25, 0.3) is 10.2 Å². The van der Waals surface area contributed by atoms with Crippen LogP contribution in [0.3, 0.4) is 0 Å². The number of carbonyl (C=O) groups is 2. The van der Waals surface area contributed by atoms with Gasteiger partial charge >= 0.3 is 0 Å². The van der Waals surface area contributed by atoms with Gasteiger partial charge in [0.2, 0.25) is 5.91 Å². The van der Waals surface area contributed by atoms with Crippen molar-refractivity contribution in [2.45, 2.75) is 81.8 Å². The normalized spacial score (nSPS) is 15.0. The number of nitrogens with one attached hydrogen (secondary N) is 1. The van der Waals surface area contributed by atoms with E-state index in [-0.39, 0.29) is 28.7 Å². The number of hydrogen-bond acceptors (Lipinski definition) is 6. The van der Waals surface area contributed by atoms with Crippen LogP contribution in [0.1, 0.15) is 66.2 Å². The van der Waals surface area contributed by atoms with Crippen molar-refractivity contribution in [1.29, 1.82) is 0 Å². The maximum Gasteiger partial charge on any atom is 0.263 e. The summed E-state index contributed by atoms with van der Waals surface area (Å²) >= 11 is 2.61. The van der Waals surface area contributed by atoms with E-state index in [2.05, 4.69) is 5.32 Å². The number of carbonyl (C=O) groups excluding carboxylic acids is 2. The molecule has 1 aliphatic rings. The quantitative estimate of drug-likeness (QED) is 0.304. The lowest BCUT2D eigenvalue weighted by atomic mass is 9.95. The number of nitrogens with zero attached hydrogens (tertiary/aromatic N) is 3. The van der Waals surface area contributed by atoms with Gasteiger partial charge in [-0.05, 0) is 43.7 Å². The summed E-state index contributed by atoms with van der Waals surface area (Å²) in [6, 6.07) is 10.3. The molecule has 1 aromatic carbocycles. The molecule has 2 aromatic heterocycles. The van der Waals surface area contributed by atoms with E-state index in [9.17, 15) is 14.4 Å². The van der Waals surface area contributed by atoms with Crippen LogP contribution in [0.4, 0.5) is 0 Å². The van der Waals surface area contributed by atoms with Crippen LogP contribution in [0.15, 0.2) is 40.3 Å². The molecule has 2 amide bonds. The highest BCUT2D eigenvalue weighted by molar-refractivity contribution is 8.00. The summed E-state index contributed by atoms with van der Waals surface area (Å²) in [6.07, 6.45) is 6.87. The monoisotopic (exact) mass is 540 g/mol. The van der Waals surface area contributed by atoms with Crippen molar-refractivity contribution in [3.63, 3.8) is 0 Å². The Morgan fingerprint density at radius 2 is 1.89 bits per heavy atom. The highest BCUT2D eigenvalue weighted by Crippen LogP contribution is 2.32. The molecule has 1 saturated carbocycles. The Kier molecular flexibility index (Phi) is 9.08. The molecule has 1 fully saturated rings. The second-order valence-electron chi connectivity index (χ2n) is 9.88. The fourth-order valence-electron chi connectivity index (χ4n) is 4.77. The topological polar surface area (TPSA) is 84.3 Å². The van der Waals surface area contributed by atoms with Crippen LogP contribution >= 0.6 is 23.1 Å². The fourth-order valence-corrected chi connectivity index (χ4v) is 7.06. The summed E-state index contributed by atoms with van der Waals surface area (Å²) < 4.78 is 1.69. The molecule has 1 atom stereocenters. The Labute approximate surface area is 226 Å². The van der Waals surface area contributed by atoms with E-state index in [0.717, 1.165) is 31.2 Å². The second kappa shape index (κ2) is 12.3.